The first-order valence-electron chi connectivity index (χ1n) is 5.06. The molecule has 88 valence electrons. The summed E-state index contributed by atoms with van der Waals surface area (Å²) in [5.74, 6) is -0.0807. The Hall–Kier alpha value is -0.770. The molecule has 0 aromatic heterocycles. The fourth-order valence-electron chi connectivity index (χ4n) is 1.65. The fraction of sp³-hybridized carbons (Fsp3) is 0.417. The lowest BCUT2D eigenvalue weighted by molar-refractivity contribution is -0.115. The molecule has 0 aliphatic heterocycles. The van der Waals surface area contributed by atoms with Gasteiger partial charge in [-0.05, 0) is 17.5 Å². The zero-order valence-corrected chi connectivity index (χ0v) is 10.6. The van der Waals surface area contributed by atoms with Gasteiger partial charge < -0.3 is 0 Å². The molecule has 1 nitrogen and oxygen atoms in total. The summed E-state index contributed by atoms with van der Waals surface area (Å²) in [6, 6.07) is 4.80. The van der Waals surface area contributed by atoms with Crippen LogP contribution in [0.25, 0.3) is 0 Å². The van der Waals surface area contributed by atoms with E-state index < -0.39 is 6.43 Å². The maximum Gasteiger partial charge on any atom is 0.264 e. The number of ketones is 1. The second kappa shape index (κ2) is 6.09. The Balaban J connectivity index is 3.14. The van der Waals surface area contributed by atoms with Gasteiger partial charge in [-0.3, -0.25) is 4.79 Å². The molecule has 0 bridgehead atoms. The van der Waals surface area contributed by atoms with Crippen molar-refractivity contribution < 1.29 is 13.6 Å². The Morgan fingerprint density at radius 1 is 1.44 bits per heavy atom. The van der Waals surface area contributed by atoms with Crippen LogP contribution in [0.4, 0.5) is 8.78 Å². The van der Waals surface area contributed by atoms with Crippen molar-refractivity contribution in [3.63, 3.8) is 0 Å². The highest BCUT2D eigenvalue weighted by Crippen LogP contribution is 2.26. The van der Waals surface area contributed by atoms with Crippen molar-refractivity contribution in [2.24, 2.45) is 0 Å². The first-order valence-corrected chi connectivity index (χ1v) is 6.18. The molecule has 0 saturated heterocycles. The van der Waals surface area contributed by atoms with Crippen LogP contribution in [0.3, 0.4) is 0 Å². The Morgan fingerprint density at radius 3 is 2.62 bits per heavy atom. The van der Waals surface area contributed by atoms with Crippen LogP contribution in [0.2, 0.25) is 0 Å². The average molecular weight is 291 g/mol. The highest BCUT2D eigenvalue weighted by atomic mass is 79.9. The van der Waals surface area contributed by atoms with Crippen LogP contribution in [-0.4, -0.2) is 11.1 Å². The molecule has 0 radical (unpaired) electrons. The summed E-state index contributed by atoms with van der Waals surface area (Å²) < 4.78 is 25.6. The van der Waals surface area contributed by atoms with E-state index in [1.54, 1.807) is 12.1 Å². The number of carbonyl (C=O) groups is 1. The van der Waals surface area contributed by atoms with E-state index in [1.165, 1.54) is 6.07 Å². The van der Waals surface area contributed by atoms with Crippen LogP contribution >= 0.6 is 15.9 Å². The van der Waals surface area contributed by atoms with Crippen molar-refractivity contribution in [1.29, 1.82) is 0 Å². The van der Waals surface area contributed by atoms with Gasteiger partial charge in [0.25, 0.3) is 6.43 Å². The van der Waals surface area contributed by atoms with Crippen LogP contribution in [0.15, 0.2) is 18.2 Å². The number of halogens is 3. The second-order valence-corrected chi connectivity index (χ2v) is 4.05. The summed E-state index contributed by atoms with van der Waals surface area (Å²) in [5, 5.41) is 0.202. The number of alkyl halides is 3. The van der Waals surface area contributed by atoms with Crippen molar-refractivity contribution in [2.75, 3.05) is 5.33 Å². The summed E-state index contributed by atoms with van der Waals surface area (Å²) in [6.45, 7) is 1.90. The molecule has 0 aliphatic carbocycles. The lowest BCUT2D eigenvalue weighted by Crippen LogP contribution is -2.09. The van der Waals surface area contributed by atoms with Crippen LogP contribution < -0.4 is 0 Å². The molecule has 4 heteroatoms. The third-order valence-electron chi connectivity index (χ3n) is 2.45. The number of aryl methyl sites for hydroxylation is 1. The number of Topliss-reactive ketones (excluding diaryl/α,β-unsaturated/α-hetero) is 1. The quantitative estimate of drug-likeness (QED) is 0.756. The molecule has 0 atom stereocenters. The third kappa shape index (κ3) is 3.11. The van der Waals surface area contributed by atoms with Crippen LogP contribution in [0.1, 0.15) is 30.0 Å². The van der Waals surface area contributed by atoms with Gasteiger partial charge in [0.15, 0.2) is 0 Å². The minimum Gasteiger partial charge on any atom is -0.298 e. The summed E-state index contributed by atoms with van der Waals surface area (Å²) >= 11 is 3.04. The van der Waals surface area contributed by atoms with Gasteiger partial charge in [0, 0.05) is 12.0 Å². The Bertz CT molecular complexity index is 377. The van der Waals surface area contributed by atoms with Crippen molar-refractivity contribution in [3.05, 3.63) is 34.9 Å². The van der Waals surface area contributed by atoms with E-state index in [4.69, 9.17) is 0 Å². The minimum atomic E-state index is -2.52. The Labute approximate surface area is 102 Å². The molecule has 0 saturated carbocycles. The number of hydrogen-bond donors (Lipinski definition) is 0. The molecule has 1 aromatic rings. The van der Waals surface area contributed by atoms with Gasteiger partial charge in [0.2, 0.25) is 0 Å². The SMILES string of the molecule is CCc1cccc(C(F)F)c1CC(=O)CBr. The van der Waals surface area contributed by atoms with Gasteiger partial charge in [0.05, 0.1) is 5.33 Å². The monoisotopic (exact) mass is 290 g/mol. The zero-order chi connectivity index (χ0) is 12.1. The van der Waals surface area contributed by atoms with E-state index in [2.05, 4.69) is 15.9 Å². The fourth-order valence-corrected chi connectivity index (χ4v) is 1.85. The number of benzene rings is 1. The molecular weight excluding hydrogens is 278 g/mol. The van der Waals surface area contributed by atoms with Crippen LogP contribution in [-0.2, 0) is 17.6 Å². The van der Waals surface area contributed by atoms with Crippen molar-refractivity contribution in [1.82, 2.24) is 0 Å². The topological polar surface area (TPSA) is 17.1 Å². The summed E-state index contributed by atoms with van der Waals surface area (Å²) in [7, 11) is 0. The van der Waals surface area contributed by atoms with Crippen LogP contribution in [0, 0.1) is 0 Å². The standard InChI is InChI=1S/C12H13BrF2O/c1-2-8-4-3-5-10(12(14)15)11(8)6-9(16)7-13/h3-5,12H,2,6-7H2,1H3. The molecule has 0 spiro atoms. The normalized spacial score (nSPS) is 10.8. The highest BCUT2D eigenvalue weighted by Gasteiger charge is 2.17. The molecule has 0 unspecified atom stereocenters. The molecule has 0 fully saturated rings. The van der Waals surface area contributed by atoms with Crippen molar-refractivity contribution in [2.45, 2.75) is 26.2 Å². The molecule has 16 heavy (non-hydrogen) atoms. The van der Waals surface area contributed by atoms with E-state index >= 15 is 0 Å². The molecule has 0 heterocycles. The van der Waals surface area contributed by atoms with E-state index in [9.17, 15) is 13.6 Å². The third-order valence-corrected chi connectivity index (χ3v) is 3.07. The van der Waals surface area contributed by atoms with Gasteiger partial charge in [-0.15, -0.1) is 0 Å². The van der Waals surface area contributed by atoms with Gasteiger partial charge in [-0.2, -0.15) is 0 Å². The van der Waals surface area contributed by atoms with E-state index in [0.717, 1.165) is 5.56 Å². The van der Waals surface area contributed by atoms with E-state index in [0.29, 0.717) is 12.0 Å². The minimum absolute atomic E-state index is 0.0198. The average Bonchev–Trinajstić information content (AvgIpc) is 2.28. The van der Waals surface area contributed by atoms with Crippen LogP contribution in [0.5, 0.6) is 0 Å². The smallest absolute Gasteiger partial charge is 0.264 e. The maximum absolute atomic E-state index is 12.8. The lowest BCUT2D eigenvalue weighted by Gasteiger charge is -2.12. The Morgan fingerprint density at radius 2 is 2.12 bits per heavy atom. The predicted molar refractivity (Wildman–Crippen MR) is 63.3 cm³/mol. The van der Waals surface area contributed by atoms with E-state index in [1.807, 2.05) is 6.92 Å². The number of carbonyl (C=O) groups excluding carboxylic acids is 1. The number of hydrogen-bond acceptors (Lipinski definition) is 1. The van der Waals surface area contributed by atoms with Gasteiger partial charge in [-0.25, -0.2) is 8.78 Å². The summed E-state index contributed by atoms with van der Waals surface area (Å²) in [4.78, 5) is 11.3. The van der Waals surface area contributed by atoms with Crippen molar-refractivity contribution in [3.8, 4) is 0 Å². The molecule has 1 aromatic carbocycles. The summed E-state index contributed by atoms with van der Waals surface area (Å²) in [6.07, 6.45) is -1.79. The lowest BCUT2D eigenvalue weighted by atomic mass is 9.95. The molecule has 0 N–H and O–H groups in total. The maximum atomic E-state index is 12.8. The largest absolute Gasteiger partial charge is 0.298 e. The van der Waals surface area contributed by atoms with Gasteiger partial charge in [-0.1, -0.05) is 41.1 Å². The first-order chi connectivity index (χ1) is 7.60. The first kappa shape index (κ1) is 13.3. The van der Waals surface area contributed by atoms with E-state index in [-0.39, 0.29) is 23.1 Å². The van der Waals surface area contributed by atoms with Crippen molar-refractivity contribution >= 4 is 21.7 Å². The number of rotatable bonds is 5. The summed E-state index contributed by atoms with van der Waals surface area (Å²) in [5.41, 5.74) is 1.30. The van der Waals surface area contributed by atoms with Gasteiger partial charge in [0.1, 0.15) is 5.78 Å². The second-order valence-electron chi connectivity index (χ2n) is 3.49. The zero-order valence-electron chi connectivity index (χ0n) is 8.97. The highest BCUT2D eigenvalue weighted by molar-refractivity contribution is 9.09. The molecule has 0 amide bonds. The molecule has 1 rings (SSSR count). The predicted octanol–water partition coefficient (Wildman–Crippen LogP) is 3.69. The molecular formula is C12H13BrF2O. The Kier molecular flexibility index (Phi) is 5.06. The van der Waals surface area contributed by atoms with Gasteiger partial charge >= 0.3 is 0 Å². The molecule has 0 aliphatic rings.